The van der Waals surface area contributed by atoms with Crippen molar-refractivity contribution in [2.45, 2.75) is 13.1 Å². The number of likely N-dealkylation sites (N-methyl/N-ethyl adjacent to an activating group) is 1. The number of rotatable bonds is 6. The van der Waals surface area contributed by atoms with Crippen molar-refractivity contribution in [2.75, 3.05) is 13.6 Å². The lowest BCUT2D eigenvalue weighted by molar-refractivity contribution is -0.122. The second-order valence-corrected chi connectivity index (χ2v) is 8.34. The number of amides is 1. The molecule has 1 aromatic heterocycles. The van der Waals surface area contributed by atoms with Crippen LogP contribution in [0, 0.1) is 0 Å². The molecule has 0 saturated carbocycles. The molecule has 0 unspecified atom stereocenters. The van der Waals surface area contributed by atoms with Crippen molar-refractivity contribution in [1.82, 2.24) is 10.2 Å². The summed E-state index contributed by atoms with van der Waals surface area (Å²) in [5, 5.41) is 5.42. The Bertz CT molecular complexity index is 841. The van der Waals surface area contributed by atoms with Crippen LogP contribution in [0.25, 0.3) is 10.8 Å². The van der Waals surface area contributed by atoms with E-state index in [9.17, 15) is 4.79 Å². The van der Waals surface area contributed by atoms with Gasteiger partial charge in [-0.25, -0.2) is 0 Å². The zero-order valence-electron chi connectivity index (χ0n) is 13.5. The Kier molecular flexibility index (Phi) is 5.66. The van der Waals surface area contributed by atoms with E-state index in [1.807, 2.05) is 36.2 Å². The van der Waals surface area contributed by atoms with Crippen LogP contribution in [-0.4, -0.2) is 24.4 Å². The first-order valence-electron chi connectivity index (χ1n) is 7.78. The Balaban J connectivity index is 1.55. The van der Waals surface area contributed by atoms with Gasteiger partial charge in [0.15, 0.2) is 0 Å². The lowest BCUT2D eigenvalue weighted by Gasteiger charge is -2.15. The predicted molar refractivity (Wildman–Crippen MR) is 104 cm³/mol. The molecule has 1 amide bonds. The summed E-state index contributed by atoms with van der Waals surface area (Å²) >= 11 is 5.16. The quantitative estimate of drug-likeness (QED) is 0.661. The van der Waals surface area contributed by atoms with E-state index >= 15 is 0 Å². The first-order valence-corrected chi connectivity index (χ1v) is 9.39. The van der Waals surface area contributed by atoms with E-state index in [4.69, 9.17) is 0 Å². The van der Waals surface area contributed by atoms with Crippen LogP contribution in [-0.2, 0) is 17.9 Å². The summed E-state index contributed by atoms with van der Waals surface area (Å²) in [7, 11) is 1.96. The number of carbonyl (C=O) groups is 1. The number of fused-ring (bicyclic) bond motifs is 1. The van der Waals surface area contributed by atoms with Crippen molar-refractivity contribution in [3.05, 3.63) is 68.8 Å². The number of nitrogens with zero attached hydrogens (tertiary/aromatic N) is 1. The lowest BCUT2D eigenvalue weighted by atomic mass is 10.0. The third-order valence-corrected chi connectivity index (χ3v) is 5.43. The largest absolute Gasteiger partial charge is 0.351 e. The normalized spacial score (nSPS) is 11.1. The summed E-state index contributed by atoms with van der Waals surface area (Å²) in [6, 6.07) is 18.6. The number of nitrogens with one attached hydrogen (secondary N) is 1. The van der Waals surface area contributed by atoms with E-state index in [1.165, 1.54) is 15.6 Å². The molecule has 1 N–H and O–H groups in total. The average Bonchev–Trinajstić information content (AvgIpc) is 2.97. The molecule has 2 aromatic carbocycles. The number of thiophene rings is 1. The number of benzene rings is 2. The van der Waals surface area contributed by atoms with Crippen molar-refractivity contribution in [1.29, 1.82) is 0 Å². The zero-order valence-corrected chi connectivity index (χ0v) is 15.9. The van der Waals surface area contributed by atoms with E-state index < -0.39 is 0 Å². The first-order chi connectivity index (χ1) is 11.6. The molecule has 0 aliphatic rings. The van der Waals surface area contributed by atoms with Gasteiger partial charge in [0.05, 0.1) is 10.3 Å². The Hall–Kier alpha value is -1.69. The van der Waals surface area contributed by atoms with Gasteiger partial charge in [-0.2, -0.15) is 0 Å². The highest BCUT2D eigenvalue weighted by atomic mass is 79.9. The van der Waals surface area contributed by atoms with Gasteiger partial charge in [-0.15, -0.1) is 11.3 Å². The van der Waals surface area contributed by atoms with Crippen LogP contribution < -0.4 is 5.32 Å². The molecular formula is C19H19BrN2OS. The first kappa shape index (κ1) is 17.1. The van der Waals surface area contributed by atoms with Gasteiger partial charge in [0.25, 0.3) is 0 Å². The van der Waals surface area contributed by atoms with Gasteiger partial charge in [0.2, 0.25) is 5.91 Å². The molecule has 0 bridgehead atoms. The van der Waals surface area contributed by atoms with E-state index in [1.54, 1.807) is 11.3 Å². The van der Waals surface area contributed by atoms with Crippen molar-refractivity contribution in [2.24, 2.45) is 0 Å². The molecule has 0 aliphatic heterocycles. The topological polar surface area (TPSA) is 32.3 Å². The maximum absolute atomic E-state index is 12.2. The Morgan fingerprint density at radius 1 is 1.12 bits per heavy atom. The van der Waals surface area contributed by atoms with E-state index in [0.717, 1.165) is 15.9 Å². The summed E-state index contributed by atoms with van der Waals surface area (Å²) in [6.45, 7) is 1.72. The van der Waals surface area contributed by atoms with E-state index in [0.29, 0.717) is 13.1 Å². The maximum atomic E-state index is 12.2. The standard InChI is InChI=1S/C19H19BrN2OS/c1-22(12-16-9-10-18(20)24-16)13-19(23)21-11-15-7-4-6-14-5-2-3-8-17(14)15/h2-10H,11-13H2,1H3,(H,21,23). The molecule has 0 saturated heterocycles. The van der Waals surface area contributed by atoms with E-state index in [2.05, 4.69) is 51.6 Å². The fraction of sp³-hybridized carbons (Fsp3) is 0.211. The van der Waals surface area contributed by atoms with Crippen LogP contribution in [0.15, 0.2) is 58.4 Å². The van der Waals surface area contributed by atoms with Crippen LogP contribution in [0.4, 0.5) is 0 Å². The van der Waals surface area contributed by atoms with Gasteiger partial charge in [-0.05, 0) is 51.4 Å². The molecule has 124 valence electrons. The fourth-order valence-electron chi connectivity index (χ4n) is 2.70. The van der Waals surface area contributed by atoms with Crippen LogP contribution in [0.5, 0.6) is 0 Å². The van der Waals surface area contributed by atoms with Gasteiger partial charge in [-0.3, -0.25) is 9.69 Å². The molecule has 0 spiro atoms. The van der Waals surface area contributed by atoms with E-state index in [-0.39, 0.29) is 5.91 Å². The third kappa shape index (κ3) is 4.44. The predicted octanol–water partition coefficient (Wildman–Crippen LogP) is 4.41. The minimum absolute atomic E-state index is 0.0426. The van der Waals surface area contributed by atoms with Crippen LogP contribution in [0.1, 0.15) is 10.4 Å². The summed E-state index contributed by atoms with van der Waals surface area (Å²) in [4.78, 5) is 15.5. The van der Waals surface area contributed by atoms with Crippen LogP contribution in [0.3, 0.4) is 0 Å². The highest BCUT2D eigenvalue weighted by molar-refractivity contribution is 9.11. The summed E-state index contributed by atoms with van der Waals surface area (Å²) < 4.78 is 1.12. The number of halogens is 1. The molecule has 3 nitrogen and oxygen atoms in total. The van der Waals surface area contributed by atoms with Crippen molar-refractivity contribution in [3.63, 3.8) is 0 Å². The molecule has 0 atom stereocenters. The number of carbonyl (C=O) groups excluding carboxylic acids is 1. The monoisotopic (exact) mass is 402 g/mol. The molecule has 0 fully saturated rings. The van der Waals surface area contributed by atoms with Gasteiger partial charge in [-0.1, -0.05) is 42.5 Å². The molecule has 0 aliphatic carbocycles. The summed E-state index contributed by atoms with van der Waals surface area (Å²) in [6.07, 6.45) is 0. The van der Waals surface area contributed by atoms with Crippen molar-refractivity contribution in [3.8, 4) is 0 Å². The molecule has 24 heavy (non-hydrogen) atoms. The zero-order chi connectivity index (χ0) is 16.9. The van der Waals surface area contributed by atoms with Crippen LogP contribution >= 0.6 is 27.3 Å². The van der Waals surface area contributed by atoms with Crippen molar-refractivity contribution < 1.29 is 4.79 Å². The maximum Gasteiger partial charge on any atom is 0.234 e. The number of hydrogen-bond acceptors (Lipinski definition) is 3. The minimum atomic E-state index is 0.0426. The average molecular weight is 403 g/mol. The molecule has 0 radical (unpaired) electrons. The summed E-state index contributed by atoms with van der Waals surface area (Å²) in [5.74, 6) is 0.0426. The lowest BCUT2D eigenvalue weighted by Crippen LogP contribution is -2.34. The highest BCUT2D eigenvalue weighted by Crippen LogP contribution is 2.23. The third-order valence-electron chi connectivity index (χ3n) is 3.82. The van der Waals surface area contributed by atoms with Crippen molar-refractivity contribution >= 4 is 43.9 Å². The highest BCUT2D eigenvalue weighted by Gasteiger charge is 2.09. The molecule has 5 heteroatoms. The second kappa shape index (κ2) is 7.92. The summed E-state index contributed by atoms with van der Waals surface area (Å²) in [5.41, 5.74) is 1.14. The smallest absolute Gasteiger partial charge is 0.234 e. The molecular weight excluding hydrogens is 384 g/mol. The van der Waals surface area contributed by atoms with Gasteiger partial charge in [0.1, 0.15) is 0 Å². The van der Waals surface area contributed by atoms with Gasteiger partial charge in [0, 0.05) is 18.0 Å². The molecule has 1 heterocycles. The Morgan fingerprint density at radius 2 is 1.92 bits per heavy atom. The minimum Gasteiger partial charge on any atom is -0.351 e. The molecule has 3 aromatic rings. The fourth-order valence-corrected chi connectivity index (χ4v) is 4.26. The van der Waals surface area contributed by atoms with Gasteiger partial charge < -0.3 is 5.32 Å². The number of hydrogen-bond donors (Lipinski definition) is 1. The van der Waals surface area contributed by atoms with Gasteiger partial charge >= 0.3 is 0 Å². The second-order valence-electron chi connectivity index (χ2n) is 5.79. The molecule has 3 rings (SSSR count). The Labute approximate surface area is 154 Å². The Morgan fingerprint density at radius 3 is 2.71 bits per heavy atom. The van der Waals surface area contributed by atoms with Crippen LogP contribution in [0.2, 0.25) is 0 Å². The SMILES string of the molecule is CN(CC(=O)NCc1cccc2ccccc12)Cc1ccc(Br)s1.